The summed E-state index contributed by atoms with van der Waals surface area (Å²) in [6.45, 7) is 0. The third kappa shape index (κ3) is 13.9. The summed E-state index contributed by atoms with van der Waals surface area (Å²) in [7, 11) is 0. The first kappa shape index (κ1) is 79.7. The molecule has 0 aromatic rings. The van der Waals surface area contributed by atoms with Crippen molar-refractivity contribution in [1.29, 1.82) is 0 Å². The van der Waals surface area contributed by atoms with Gasteiger partial charge in [-0.05, 0) is 136 Å². The molecule has 0 radical (unpaired) electrons. The van der Waals surface area contributed by atoms with Crippen molar-refractivity contribution in [3.8, 4) is 0 Å². The predicted molar refractivity (Wildman–Crippen MR) is 380 cm³/mol. The zero-order valence-corrected chi connectivity index (χ0v) is 63.4. The van der Waals surface area contributed by atoms with E-state index in [9.17, 15) is 99.0 Å². The Labute approximate surface area is 657 Å². The monoisotopic (exact) mass is 1570 g/mol. The van der Waals surface area contributed by atoms with Crippen LogP contribution in [0.5, 0.6) is 0 Å². The van der Waals surface area contributed by atoms with Gasteiger partial charge in [-0.15, -0.1) is 0 Å². The number of carbonyl (C=O) groups is 10. The van der Waals surface area contributed by atoms with Gasteiger partial charge >= 0.3 is 70.8 Å². The van der Waals surface area contributed by atoms with E-state index in [1.165, 1.54) is 0 Å². The number of fused-ring (bicyclic) bond motifs is 40. The Hall–Kier alpha value is -5.17. The van der Waals surface area contributed by atoms with E-state index in [0.717, 1.165) is 128 Å². The van der Waals surface area contributed by atoms with Crippen molar-refractivity contribution in [2.24, 2.45) is 154 Å². The normalized spacial score (nSPS) is 51.1. The zero-order valence-electron chi connectivity index (χ0n) is 62.0. The van der Waals surface area contributed by atoms with Gasteiger partial charge in [0.25, 0.3) is 0 Å². The molecule has 8 aliphatic carbocycles. The number of hydrogen-bond donors (Lipinski definition) is 24. The Morgan fingerprint density at radius 2 is 0.351 bits per heavy atom. The molecular formula is C74H110MgN16O20. The molecule has 42 atom stereocenters. The molecule has 24 N–H and O–H groups in total. The Morgan fingerprint density at radius 3 is 0.550 bits per heavy atom. The van der Waals surface area contributed by atoms with Crippen LogP contribution in [-0.4, -0.2) is 222 Å². The van der Waals surface area contributed by atoms with Crippen LogP contribution in [0.1, 0.15) is 141 Å². The van der Waals surface area contributed by atoms with E-state index >= 15 is 0 Å². The van der Waals surface area contributed by atoms with Crippen LogP contribution in [0.15, 0.2) is 0 Å². The average Bonchev–Trinajstić information content (AvgIpc) is 1.63. The summed E-state index contributed by atoms with van der Waals surface area (Å²) < 4.78 is 0. The van der Waals surface area contributed by atoms with E-state index in [-0.39, 0.29) is 120 Å². The first-order valence-electron chi connectivity index (χ1n) is 41.3. The minimum Gasteiger partial charge on any atom is -0.550 e. The van der Waals surface area contributed by atoms with Gasteiger partial charge in [0, 0.05) is 59.3 Å². The van der Waals surface area contributed by atoms with E-state index < -0.39 is 191 Å². The van der Waals surface area contributed by atoms with Gasteiger partial charge in [0.15, 0.2) is 0 Å². The molecule has 10 saturated heterocycles. The number of rotatable bonds is 10. The molecule has 111 heavy (non-hydrogen) atoms. The molecule has 0 aromatic carbocycles. The molecule has 36 nitrogen and oxygen atoms in total. The molecule has 18 rings (SSSR count). The number of nitrogens with one attached hydrogen (secondary N) is 16. The van der Waals surface area contributed by atoms with E-state index in [1.807, 2.05) is 0 Å². The van der Waals surface area contributed by atoms with Crippen LogP contribution in [0.25, 0.3) is 0 Å². The van der Waals surface area contributed by atoms with Gasteiger partial charge in [0.05, 0.1) is 146 Å². The van der Waals surface area contributed by atoms with Crippen LogP contribution in [0, 0.1) is 154 Å². The second kappa shape index (κ2) is 31.7. The molecule has 0 aromatic heterocycles. The maximum atomic E-state index is 13.2. The topological polar surface area (TPSA) is 571 Å². The predicted octanol–water partition coefficient (Wildman–Crippen LogP) is -4.73. The van der Waals surface area contributed by atoms with Crippen LogP contribution in [0.2, 0.25) is 0 Å². The van der Waals surface area contributed by atoms with Crippen LogP contribution in [0.3, 0.4) is 0 Å². The zero-order chi connectivity index (χ0) is 76.9. The first-order valence-corrected chi connectivity index (χ1v) is 41.3. The summed E-state index contributed by atoms with van der Waals surface area (Å²) in [5.74, 6) is -36.0. The molecule has 0 amide bonds. The van der Waals surface area contributed by atoms with Gasteiger partial charge in [0.1, 0.15) is 0 Å². The fourth-order valence-corrected chi connectivity index (χ4v) is 27.6. The Balaban J connectivity index is 0.000000167. The molecule has 18 fully saturated rings. The molecule has 10 heterocycles. The van der Waals surface area contributed by atoms with Gasteiger partial charge in [0.2, 0.25) is 0 Å². The molecule has 37 heteroatoms. The molecule has 16 bridgehead atoms. The van der Waals surface area contributed by atoms with Crippen molar-refractivity contribution in [3.05, 3.63) is 0 Å². The number of carbonyl (C=O) groups excluding carboxylic acids is 2. The van der Waals surface area contributed by atoms with Crippen molar-refractivity contribution in [2.45, 2.75) is 240 Å². The summed E-state index contributed by atoms with van der Waals surface area (Å²) in [5, 5.41) is 170. The average molecular weight is 1570 g/mol. The van der Waals surface area contributed by atoms with Gasteiger partial charge in [-0.1, -0.05) is 64.2 Å². The molecule has 8 saturated carbocycles. The fraction of sp³-hybridized carbons (Fsp3) is 0.865. The van der Waals surface area contributed by atoms with E-state index in [2.05, 4.69) is 85.1 Å². The van der Waals surface area contributed by atoms with Crippen molar-refractivity contribution < 1.29 is 99.0 Å². The SMILES string of the molecule is O=C(O)C1CCCC2C3NC4NC(NC5NC(NC6NC(NC(N3)C12)C1C(C(=O)O)C(C(=O)O)C(C(=O)O)C(C(=O)[O-])C61)C1CCCCC51)C1CCCCC41.O=C(O)C1CCCC2C3NC4NC(NC5NC(NC6NC(NC(N3)C12)C1C(C(=O)O)C(C(=O)O)C(C(=O)O)C(C(=O)[O-])C61)C1CCCCC51)C1CCCCC41.[Mg+2]. The van der Waals surface area contributed by atoms with Gasteiger partial charge in [-0.2, -0.15) is 0 Å². The fourth-order valence-electron chi connectivity index (χ4n) is 27.6. The smallest absolute Gasteiger partial charge is 0.550 e. The van der Waals surface area contributed by atoms with Crippen LogP contribution < -0.4 is 95.3 Å². The maximum Gasteiger partial charge on any atom is 2.00 e. The van der Waals surface area contributed by atoms with Gasteiger partial charge < -0.3 is 60.7 Å². The second-order valence-corrected chi connectivity index (χ2v) is 36.2. The van der Waals surface area contributed by atoms with Crippen LogP contribution in [0.4, 0.5) is 0 Å². The number of carboxylic acids is 10. The minimum absolute atomic E-state index is 0. The van der Waals surface area contributed by atoms with E-state index in [0.29, 0.717) is 36.5 Å². The summed E-state index contributed by atoms with van der Waals surface area (Å²) in [6, 6.07) is 0. The number of carboxylic acid groups (broad SMARTS) is 10. The minimum atomic E-state index is -2.07. The number of aliphatic carboxylic acids is 10. The van der Waals surface area contributed by atoms with Gasteiger partial charge in [-0.25, -0.2) is 0 Å². The summed E-state index contributed by atoms with van der Waals surface area (Å²) in [5.41, 5.74) is 0. The maximum absolute atomic E-state index is 13.2. The summed E-state index contributed by atoms with van der Waals surface area (Å²) in [6.07, 6.45) is 13.8. The Bertz CT molecular complexity index is 3380. The van der Waals surface area contributed by atoms with E-state index in [1.54, 1.807) is 0 Å². The van der Waals surface area contributed by atoms with Crippen molar-refractivity contribution in [1.82, 2.24) is 85.1 Å². The largest absolute Gasteiger partial charge is 2.00 e. The van der Waals surface area contributed by atoms with Crippen LogP contribution >= 0.6 is 0 Å². The van der Waals surface area contributed by atoms with E-state index in [4.69, 9.17) is 0 Å². The Morgan fingerprint density at radius 1 is 0.189 bits per heavy atom. The third-order valence-electron chi connectivity index (χ3n) is 31.6. The quantitative estimate of drug-likeness (QED) is 0.0914. The standard InChI is InChI=1S/2C37H56N8O10.Mg/c2*46-33(47)17-11-5-10-16-18(17)30-43-29(16)41-27-13-7-2-1-6-12(13)25(39-27)38-26-14-8-3-4-9-15(14)28(40-26)42-31-19-20(32(44-30)45-31)22(35(50)51)24(37(54)55)23(36(52)53)21(19)34(48)49;/h2*12-32,38-45H,1-11H2,(H,46,47)(H,48,49)(H,50,51)(H,52,53)(H,54,55);/q;;+2/p-2. The molecule has 10 aliphatic heterocycles. The van der Waals surface area contributed by atoms with Crippen molar-refractivity contribution >= 4 is 82.7 Å². The van der Waals surface area contributed by atoms with Crippen molar-refractivity contribution in [2.75, 3.05) is 0 Å². The summed E-state index contributed by atoms with van der Waals surface area (Å²) >= 11 is 0. The molecule has 608 valence electrons. The number of hydrogen-bond acceptors (Lipinski definition) is 28. The molecule has 42 unspecified atom stereocenters. The summed E-state index contributed by atoms with van der Waals surface area (Å²) in [4.78, 5) is 130. The first-order chi connectivity index (χ1) is 52.8. The van der Waals surface area contributed by atoms with Crippen LogP contribution in [-0.2, 0) is 47.9 Å². The molecule has 0 spiro atoms. The molecule has 18 aliphatic rings. The Kier molecular flexibility index (Phi) is 22.7. The van der Waals surface area contributed by atoms with Gasteiger partial charge in [-0.3, -0.25) is 123 Å². The van der Waals surface area contributed by atoms with Crippen molar-refractivity contribution in [3.63, 3.8) is 0 Å². The second-order valence-electron chi connectivity index (χ2n) is 36.2. The molecular weight excluding hydrogens is 1460 g/mol. The third-order valence-corrected chi connectivity index (χ3v) is 31.6.